The molecule has 4 aromatic rings. The minimum absolute atomic E-state index is 0.247. The van der Waals surface area contributed by atoms with Gasteiger partial charge in [0.15, 0.2) is 0 Å². The normalized spacial score (nSPS) is 17.9. The van der Waals surface area contributed by atoms with E-state index < -0.39 is 11.9 Å². The van der Waals surface area contributed by atoms with Gasteiger partial charge in [-0.3, -0.25) is 29.5 Å². The SMILES string of the molecule is COc1ccc(-c2ccc(COC3CC(N=C=S)C3)nc2)nc1.COc1ccc(-c2ccc(COC3CC(N=C=S)C3)nc2)nc1.O=C(O)CCC(=O)O. The first-order valence-electron chi connectivity index (χ1n) is 16.9. The van der Waals surface area contributed by atoms with E-state index in [-0.39, 0.29) is 37.1 Å². The van der Waals surface area contributed by atoms with Gasteiger partial charge >= 0.3 is 11.9 Å². The summed E-state index contributed by atoms with van der Waals surface area (Å²) in [7, 11) is 3.25. The maximum Gasteiger partial charge on any atom is 0.303 e. The van der Waals surface area contributed by atoms with Crippen LogP contribution in [0.2, 0.25) is 0 Å². The van der Waals surface area contributed by atoms with Crippen LogP contribution >= 0.6 is 24.4 Å². The molecule has 14 nitrogen and oxygen atoms in total. The number of carboxylic acids is 2. The predicted octanol–water partition coefficient (Wildman–Crippen LogP) is 6.54. The van der Waals surface area contributed by atoms with E-state index >= 15 is 0 Å². The largest absolute Gasteiger partial charge is 0.495 e. The van der Waals surface area contributed by atoms with Crippen molar-refractivity contribution >= 4 is 46.7 Å². The number of hydrogen-bond acceptors (Lipinski definition) is 14. The molecule has 0 radical (unpaired) electrons. The summed E-state index contributed by atoms with van der Waals surface area (Å²) in [6.45, 7) is 1.02. The number of nitrogens with zero attached hydrogens (tertiary/aromatic N) is 6. The Hall–Kier alpha value is -5.34. The highest BCUT2D eigenvalue weighted by molar-refractivity contribution is 7.78. The Labute approximate surface area is 323 Å². The third-order valence-corrected chi connectivity index (χ3v) is 8.49. The van der Waals surface area contributed by atoms with E-state index in [1.807, 2.05) is 60.9 Å². The number of aliphatic imine (C=N–C) groups is 2. The van der Waals surface area contributed by atoms with Crippen LogP contribution in [0.25, 0.3) is 22.5 Å². The van der Waals surface area contributed by atoms with Gasteiger partial charge in [0.05, 0.1) is 110 Å². The molecule has 0 amide bonds. The van der Waals surface area contributed by atoms with Crippen molar-refractivity contribution in [3.05, 3.63) is 84.7 Å². The van der Waals surface area contributed by atoms with Gasteiger partial charge in [-0.2, -0.15) is 0 Å². The van der Waals surface area contributed by atoms with Crippen molar-refractivity contribution in [2.45, 2.75) is 76.0 Å². The Morgan fingerprint density at radius 1 is 0.648 bits per heavy atom. The summed E-state index contributed by atoms with van der Waals surface area (Å²) in [5.41, 5.74) is 5.48. The highest BCUT2D eigenvalue weighted by atomic mass is 32.1. The van der Waals surface area contributed by atoms with Gasteiger partial charge in [-0.1, -0.05) is 0 Å². The standard InChI is InChI=1S/2C17H17N3O2S.C4H6O4/c2*1-21-15-4-5-17(19-9-15)12-2-3-13(18-8-12)10-22-16-6-14(7-16)20-11-23;5-3(6)1-2-4(7)8/h2*2-5,8-9,14,16H,6-7,10H2,1H3;1-2H2,(H,5,6)(H,7,8). The first-order valence-corrected chi connectivity index (χ1v) is 17.7. The lowest BCUT2D eigenvalue weighted by Gasteiger charge is -2.31. The smallest absolute Gasteiger partial charge is 0.303 e. The number of aliphatic carboxylic acids is 2. The lowest BCUT2D eigenvalue weighted by molar-refractivity contribution is -0.143. The zero-order chi connectivity index (χ0) is 38.7. The van der Waals surface area contributed by atoms with E-state index in [1.54, 1.807) is 26.6 Å². The molecule has 2 N–H and O–H groups in total. The molecule has 16 heteroatoms. The first kappa shape index (κ1) is 41.4. The molecule has 0 aromatic carbocycles. The monoisotopic (exact) mass is 772 g/mol. The number of isothiocyanates is 2. The van der Waals surface area contributed by atoms with Gasteiger partial charge in [0.25, 0.3) is 0 Å². The fourth-order valence-corrected chi connectivity index (χ4v) is 5.29. The van der Waals surface area contributed by atoms with Crippen LogP contribution in [0.5, 0.6) is 11.5 Å². The van der Waals surface area contributed by atoms with Gasteiger partial charge in [0, 0.05) is 23.5 Å². The van der Waals surface area contributed by atoms with Crippen LogP contribution in [0.4, 0.5) is 0 Å². The molecule has 4 aromatic heterocycles. The number of carboxylic acid groups (broad SMARTS) is 2. The van der Waals surface area contributed by atoms with Crippen molar-refractivity contribution < 1.29 is 38.7 Å². The fraction of sp³-hybridized carbons (Fsp3) is 0.368. The molecule has 282 valence electrons. The number of thiocarbonyl (C=S) groups is 2. The van der Waals surface area contributed by atoms with Gasteiger partial charge in [-0.15, -0.1) is 0 Å². The van der Waals surface area contributed by atoms with Crippen LogP contribution in [-0.4, -0.2) is 90.9 Å². The van der Waals surface area contributed by atoms with E-state index in [1.165, 1.54) is 0 Å². The molecule has 0 spiro atoms. The molecular formula is C38H40N6O8S2. The predicted molar refractivity (Wildman–Crippen MR) is 206 cm³/mol. The zero-order valence-electron chi connectivity index (χ0n) is 29.7. The van der Waals surface area contributed by atoms with Crippen molar-refractivity contribution in [2.24, 2.45) is 9.98 Å². The number of carbonyl (C=O) groups is 2. The van der Waals surface area contributed by atoms with Gasteiger partial charge < -0.3 is 29.2 Å². The summed E-state index contributed by atoms with van der Waals surface area (Å²) in [6.07, 6.45) is 10.6. The summed E-state index contributed by atoms with van der Waals surface area (Å²) < 4.78 is 21.8. The van der Waals surface area contributed by atoms with Crippen molar-refractivity contribution in [1.29, 1.82) is 0 Å². The number of rotatable bonds is 15. The van der Waals surface area contributed by atoms with E-state index in [2.05, 4.69) is 64.7 Å². The molecule has 2 aliphatic rings. The Morgan fingerprint density at radius 3 is 1.33 bits per heavy atom. The second-order valence-electron chi connectivity index (χ2n) is 12.1. The number of hydrogen-bond donors (Lipinski definition) is 2. The average Bonchev–Trinajstić information content (AvgIpc) is 3.17. The molecule has 2 fully saturated rings. The minimum Gasteiger partial charge on any atom is -0.495 e. The third-order valence-electron chi connectivity index (χ3n) is 8.28. The van der Waals surface area contributed by atoms with E-state index in [0.717, 1.165) is 71.1 Å². The molecule has 0 saturated heterocycles. The van der Waals surface area contributed by atoms with Gasteiger partial charge in [0.1, 0.15) is 11.5 Å². The van der Waals surface area contributed by atoms with Gasteiger partial charge in [0.2, 0.25) is 0 Å². The summed E-state index contributed by atoms with van der Waals surface area (Å²) in [5.74, 6) is -0.674. The minimum atomic E-state index is -1.08. The summed E-state index contributed by atoms with van der Waals surface area (Å²) in [6, 6.07) is 16.1. The van der Waals surface area contributed by atoms with Crippen molar-refractivity contribution in [2.75, 3.05) is 14.2 Å². The van der Waals surface area contributed by atoms with Crippen LogP contribution in [0, 0.1) is 0 Å². The van der Waals surface area contributed by atoms with Crippen molar-refractivity contribution in [3.8, 4) is 34.0 Å². The molecule has 2 aliphatic carbocycles. The Kier molecular flexibility index (Phi) is 16.9. The van der Waals surface area contributed by atoms with Gasteiger partial charge in [-0.05, 0) is 98.6 Å². The van der Waals surface area contributed by atoms with Crippen LogP contribution < -0.4 is 9.47 Å². The van der Waals surface area contributed by atoms with Crippen molar-refractivity contribution in [1.82, 2.24) is 19.9 Å². The van der Waals surface area contributed by atoms with Crippen LogP contribution in [0.1, 0.15) is 49.9 Å². The Bertz CT molecular complexity index is 1740. The van der Waals surface area contributed by atoms with Crippen LogP contribution in [0.15, 0.2) is 83.3 Å². The molecule has 54 heavy (non-hydrogen) atoms. The van der Waals surface area contributed by atoms with Crippen molar-refractivity contribution in [3.63, 3.8) is 0 Å². The first-order chi connectivity index (χ1) is 26.2. The molecule has 0 bridgehead atoms. The van der Waals surface area contributed by atoms with E-state index in [9.17, 15) is 9.59 Å². The molecule has 2 saturated carbocycles. The number of ether oxygens (including phenoxy) is 4. The Morgan fingerprint density at radius 2 is 1.06 bits per heavy atom. The zero-order valence-corrected chi connectivity index (χ0v) is 31.4. The topological polar surface area (TPSA) is 188 Å². The summed E-state index contributed by atoms with van der Waals surface area (Å²) in [5, 5.41) is 20.6. The van der Waals surface area contributed by atoms with Crippen LogP contribution in [0.3, 0.4) is 0 Å². The Balaban J connectivity index is 0.000000201. The van der Waals surface area contributed by atoms with Crippen LogP contribution in [-0.2, 0) is 32.3 Å². The lowest BCUT2D eigenvalue weighted by atomic mass is 9.90. The maximum absolute atomic E-state index is 9.64. The average molecular weight is 773 g/mol. The second-order valence-corrected chi connectivity index (χ2v) is 12.5. The van der Waals surface area contributed by atoms with E-state index in [4.69, 9.17) is 29.2 Å². The summed E-state index contributed by atoms with van der Waals surface area (Å²) in [4.78, 5) is 44.9. The third kappa shape index (κ3) is 13.9. The second kappa shape index (κ2) is 22.0. The molecular weight excluding hydrogens is 733 g/mol. The number of pyridine rings is 4. The quantitative estimate of drug-likeness (QED) is 0.0979. The van der Waals surface area contributed by atoms with Gasteiger partial charge in [-0.25, -0.2) is 9.98 Å². The molecule has 0 unspecified atom stereocenters. The lowest BCUT2D eigenvalue weighted by Crippen LogP contribution is -2.34. The highest BCUT2D eigenvalue weighted by Gasteiger charge is 2.30. The molecule has 4 heterocycles. The summed E-state index contributed by atoms with van der Waals surface area (Å²) >= 11 is 9.19. The molecule has 0 aliphatic heterocycles. The molecule has 6 rings (SSSR count). The fourth-order valence-electron chi connectivity index (χ4n) is 4.99. The number of aromatic nitrogens is 4. The highest BCUT2D eigenvalue weighted by Crippen LogP contribution is 2.28. The van der Waals surface area contributed by atoms with E-state index in [0.29, 0.717) is 13.2 Å². The molecule has 0 atom stereocenters. The maximum atomic E-state index is 9.64. The number of methoxy groups -OCH3 is 2.